The fourth-order valence-electron chi connectivity index (χ4n) is 4.41. The van der Waals surface area contributed by atoms with E-state index in [-0.39, 0.29) is 17.6 Å². The van der Waals surface area contributed by atoms with Crippen LogP contribution >= 0.6 is 0 Å². The second-order valence-corrected chi connectivity index (χ2v) is 7.98. The number of carbonyl (C=O) groups is 2. The summed E-state index contributed by atoms with van der Waals surface area (Å²) < 4.78 is 0. The summed E-state index contributed by atoms with van der Waals surface area (Å²) >= 11 is 0. The largest absolute Gasteiger partial charge is 0.465 e. The molecular weight excluding hydrogens is 394 g/mol. The Hall–Kier alpha value is -3.60. The fourth-order valence-corrected chi connectivity index (χ4v) is 4.41. The zero-order valence-electron chi connectivity index (χ0n) is 17.2. The number of carboxylic acid groups (broad SMARTS) is 1. The van der Waals surface area contributed by atoms with E-state index in [1.165, 1.54) is 16.7 Å². The second kappa shape index (κ2) is 9.04. The maximum Gasteiger partial charge on any atom is 0.407 e. The predicted molar refractivity (Wildman–Crippen MR) is 115 cm³/mol. The zero-order valence-corrected chi connectivity index (χ0v) is 17.2. The van der Waals surface area contributed by atoms with Gasteiger partial charge < -0.3 is 20.3 Å². The predicted octanol–water partition coefficient (Wildman–Crippen LogP) is 4.70. The average Bonchev–Trinajstić information content (AvgIpc) is 3.29. The van der Waals surface area contributed by atoms with Crippen LogP contribution in [-0.2, 0) is 0 Å². The highest BCUT2D eigenvalue weighted by molar-refractivity contribution is 6.03. The van der Waals surface area contributed by atoms with Gasteiger partial charge in [0, 0.05) is 17.8 Å². The maximum atomic E-state index is 12.7. The van der Waals surface area contributed by atoms with Crippen molar-refractivity contribution in [2.45, 2.75) is 51.0 Å². The van der Waals surface area contributed by atoms with E-state index in [1.807, 2.05) is 24.3 Å². The molecule has 2 aliphatic rings. The van der Waals surface area contributed by atoms with Crippen molar-refractivity contribution in [1.82, 2.24) is 14.9 Å². The van der Waals surface area contributed by atoms with E-state index in [4.69, 9.17) is 5.26 Å². The van der Waals surface area contributed by atoms with Crippen molar-refractivity contribution in [3.05, 3.63) is 53.1 Å². The molecule has 160 valence electrons. The number of H-pyrrole nitrogens is 1. The minimum atomic E-state index is -0.897. The van der Waals surface area contributed by atoms with Crippen molar-refractivity contribution in [3.8, 4) is 6.07 Å². The average molecular weight is 419 g/mol. The fraction of sp³-hybridized carbons (Fsp3) is 0.391. The Kier molecular flexibility index (Phi) is 6.03. The number of rotatable bonds is 4. The summed E-state index contributed by atoms with van der Waals surface area (Å²) in [6.45, 7) is 0.538. The van der Waals surface area contributed by atoms with Gasteiger partial charge in [-0.05, 0) is 68.2 Å². The minimum Gasteiger partial charge on any atom is -0.465 e. The van der Waals surface area contributed by atoms with E-state index in [9.17, 15) is 14.7 Å². The molecule has 0 saturated carbocycles. The molecule has 1 aliphatic carbocycles. The van der Waals surface area contributed by atoms with Crippen LogP contribution in [0.25, 0.3) is 5.57 Å². The number of nitrogens with zero attached hydrogens (tertiary/aromatic N) is 3. The highest BCUT2D eigenvalue weighted by atomic mass is 16.4. The maximum absolute atomic E-state index is 12.7. The molecule has 3 N–H and O–H groups in total. The van der Waals surface area contributed by atoms with Crippen LogP contribution in [-0.4, -0.2) is 38.5 Å². The Morgan fingerprint density at radius 1 is 1.26 bits per heavy atom. The van der Waals surface area contributed by atoms with E-state index in [1.54, 1.807) is 0 Å². The molecule has 4 rings (SSSR count). The van der Waals surface area contributed by atoms with Crippen LogP contribution in [0.4, 0.5) is 10.5 Å². The number of aromatic amines is 1. The molecule has 2 heterocycles. The molecular formula is C23H25N5O3. The lowest BCUT2D eigenvalue weighted by Crippen LogP contribution is -2.37. The van der Waals surface area contributed by atoms with E-state index in [0.29, 0.717) is 12.2 Å². The molecule has 1 saturated heterocycles. The summed E-state index contributed by atoms with van der Waals surface area (Å²) in [4.78, 5) is 32.6. The van der Waals surface area contributed by atoms with E-state index >= 15 is 0 Å². The first-order valence-corrected chi connectivity index (χ1v) is 10.7. The van der Waals surface area contributed by atoms with Crippen molar-refractivity contribution in [2.75, 3.05) is 11.9 Å². The molecule has 2 aromatic rings. The SMILES string of the molecule is N#Cc1cnc(C(=O)Nc2ccc(C3CCCCN3C(=O)O)cc2C2=CCCCC2)[nH]1. The number of likely N-dealkylation sites (tertiary alicyclic amines) is 1. The normalized spacial score (nSPS) is 18.7. The number of benzene rings is 1. The monoisotopic (exact) mass is 419 g/mol. The second-order valence-electron chi connectivity index (χ2n) is 7.98. The van der Waals surface area contributed by atoms with Crippen LogP contribution in [0.5, 0.6) is 0 Å². The number of amides is 2. The standard InChI is InChI=1S/C23H25N5O3/c24-13-17-14-25-21(26-17)22(29)27-19-10-9-16(12-18(19)15-6-2-1-3-7-15)20-8-4-5-11-28(20)23(30)31/h6,9-10,12,14,20H,1-5,7-8,11H2,(H,25,26)(H,27,29)(H,30,31). The van der Waals surface area contributed by atoms with Crippen LogP contribution < -0.4 is 5.32 Å². The highest BCUT2D eigenvalue weighted by Gasteiger charge is 2.28. The summed E-state index contributed by atoms with van der Waals surface area (Å²) in [6, 6.07) is 7.53. The number of piperidine rings is 1. The van der Waals surface area contributed by atoms with Gasteiger partial charge in [0.25, 0.3) is 5.91 Å². The summed E-state index contributed by atoms with van der Waals surface area (Å²) in [5.74, 6) is -0.342. The molecule has 8 nitrogen and oxygen atoms in total. The van der Waals surface area contributed by atoms with Crippen LogP contribution in [0, 0.1) is 11.3 Å². The Morgan fingerprint density at radius 2 is 2.13 bits per heavy atom. The van der Waals surface area contributed by atoms with Gasteiger partial charge >= 0.3 is 6.09 Å². The lowest BCUT2D eigenvalue weighted by molar-refractivity contribution is 0.101. The summed E-state index contributed by atoms with van der Waals surface area (Å²) in [7, 11) is 0. The van der Waals surface area contributed by atoms with E-state index in [2.05, 4.69) is 21.4 Å². The molecule has 0 bridgehead atoms. The van der Waals surface area contributed by atoms with Crippen LogP contribution in [0.2, 0.25) is 0 Å². The number of anilines is 1. The molecule has 8 heteroatoms. The van der Waals surface area contributed by atoms with Crippen LogP contribution in [0.1, 0.15) is 78.4 Å². The molecule has 1 atom stereocenters. The Balaban J connectivity index is 1.68. The third-order valence-corrected chi connectivity index (χ3v) is 5.97. The van der Waals surface area contributed by atoms with E-state index < -0.39 is 12.0 Å². The Bertz CT molecular complexity index is 1070. The molecule has 1 aromatic heterocycles. The van der Waals surface area contributed by atoms with Crippen molar-refractivity contribution in [1.29, 1.82) is 5.26 Å². The molecule has 0 spiro atoms. The van der Waals surface area contributed by atoms with Crippen LogP contribution in [0.15, 0.2) is 30.5 Å². The Labute approximate surface area is 180 Å². The first-order chi connectivity index (χ1) is 15.1. The third kappa shape index (κ3) is 4.45. The van der Waals surface area contributed by atoms with Gasteiger partial charge in [-0.2, -0.15) is 5.26 Å². The summed E-state index contributed by atoms with van der Waals surface area (Å²) in [6.07, 6.45) is 9.42. The van der Waals surface area contributed by atoms with Gasteiger partial charge in [0.05, 0.1) is 12.2 Å². The first kappa shape index (κ1) is 20.7. The molecule has 1 unspecified atom stereocenters. The molecule has 1 aromatic carbocycles. The van der Waals surface area contributed by atoms with E-state index in [0.717, 1.165) is 56.1 Å². The molecule has 2 amide bonds. The minimum absolute atomic E-state index is 0.0773. The number of imidazole rings is 1. The quantitative estimate of drug-likeness (QED) is 0.663. The first-order valence-electron chi connectivity index (χ1n) is 10.7. The lowest BCUT2D eigenvalue weighted by Gasteiger charge is -2.34. The topological polar surface area (TPSA) is 122 Å². The molecule has 31 heavy (non-hydrogen) atoms. The molecule has 0 radical (unpaired) electrons. The van der Waals surface area contributed by atoms with Gasteiger partial charge in [0.2, 0.25) is 0 Å². The van der Waals surface area contributed by atoms with Gasteiger partial charge in [0.15, 0.2) is 5.82 Å². The van der Waals surface area contributed by atoms with Gasteiger partial charge in [-0.3, -0.25) is 4.79 Å². The van der Waals surface area contributed by atoms with Crippen LogP contribution in [0.3, 0.4) is 0 Å². The number of hydrogen-bond acceptors (Lipinski definition) is 4. The number of carbonyl (C=O) groups excluding carboxylic acids is 1. The zero-order chi connectivity index (χ0) is 21.8. The highest BCUT2D eigenvalue weighted by Crippen LogP contribution is 2.37. The van der Waals surface area contributed by atoms with Crippen molar-refractivity contribution in [2.24, 2.45) is 0 Å². The number of nitriles is 1. The van der Waals surface area contributed by atoms with Gasteiger partial charge in [-0.1, -0.05) is 12.1 Å². The van der Waals surface area contributed by atoms with Crippen molar-refractivity contribution >= 4 is 23.3 Å². The van der Waals surface area contributed by atoms with Crippen molar-refractivity contribution < 1.29 is 14.7 Å². The number of aromatic nitrogens is 2. The number of nitrogens with one attached hydrogen (secondary N) is 2. The molecule has 1 aliphatic heterocycles. The Morgan fingerprint density at radius 3 is 2.84 bits per heavy atom. The van der Waals surface area contributed by atoms with Gasteiger partial charge in [-0.25, -0.2) is 9.78 Å². The smallest absolute Gasteiger partial charge is 0.407 e. The molecule has 1 fully saturated rings. The third-order valence-electron chi connectivity index (χ3n) is 5.97. The number of allylic oxidation sites excluding steroid dienone is 2. The summed E-state index contributed by atoms with van der Waals surface area (Å²) in [5, 5.41) is 21.5. The van der Waals surface area contributed by atoms with Gasteiger partial charge in [-0.15, -0.1) is 0 Å². The van der Waals surface area contributed by atoms with Gasteiger partial charge in [0.1, 0.15) is 11.8 Å². The summed E-state index contributed by atoms with van der Waals surface area (Å²) in [5.41, 5.74) is 3.93. The number of hydrogen-bond donors (Lipinski definition) is 3. The van der Waals surface area contributed by atoms with Crippen molar-refractivity contribution in [3.63, 3.8) is 0 Å². The lowest BCUT2D eigenvalue weighted by atomic mass is 9.88.